The zero-order valence-electron chi connectivity index (χ0n) is 11.5. The normalized spacial score (nSPS) is 12.0. The first-order valence-corrected chi connectivity index (χ1v) is 6.61. The highest BCUT2D eigenvalue weighted by molar-refractivity contribution is 6.31. The van der Waals surface area contributed by atoms with Gasteiger partial charge in [0, 0.05) is 16.9 Å². The molecular formula is C14H14ClN3O3. The third-order valence-electron chi connectivity index (χ3n) is 3.06. The Hall–Kier alpha value is -2.34. The lowest BCUT2D eigenvalue weighted by atomic mass is 10.2. The topological polar surface area (TPSA) is 84.2 Å². The Bertz CT molecular complexity index is 697. The molecule has 21 heavy (non-hydrogen) atoms. The molecule has 0 saturated heterocycles. The summed E-state index contributed by atoms with van der Waals surface area (Å²) < 4.78 is 1.30. The highest BCUT2D eigenvalue weighted by Crippen LogP contribution is 2.21. The van der Waals surface area contributed by atoms with E-state index >= 15 is 0 Å². The Morgan fingerprint density at radius 1 is 1.38 bits per heavy atom. The number of hydrogen-bond acceptors (Lipinski definition) is 3. The Kier molecular flexibility index (Phi) is 4.28. The molecule has 0 fully saturated rings. The van der Waals surface area contributed by atoms with Gasteiger partial charge in [-0.3, -0.25) is 9.48 Å². The average molecular weight is 308 g/mol. The average Bonchev–Trinajstić information content (AvgIpc) is 2.91. The maximum absolute atomic E-state index is 12.2. The number of aromatic carboxylic acids is 1. The number of carbonyl (C=O) groups excluding carboxylic acids is 1. The van der Waals surface area contributed by atoms with E-state index in [4.69, 9.17) is 16.7 Å². The summed E-state index contributed by atoms with van der Waals surface area (Å²) in [6.45, 7) is 3.49. The van der Waals surface area contributed by atoms with Crippen molar-refractivity contribution < 1.29 is 14.7 Å². The SMILES string of the molecule is Cc1ccc(Cl)cc1NC(=O)C(C)n1ccc(C(=O)O)n1. The Morgan fingerprint density at radius 2 is 2.10 bits per heavy atom. The number of aromatic nitrogens is 2. The second-order valence-electron chi connectivity index (χ2n) is 4.61. The summed E-state index contributed by atoms with van der Waals surface area (Å²) in [5, 5.41) is 16.0. The number of halogens is 1. The number of nitrogens with one attached hydrogen (secondary N) is 1. The molecule has 1 unspecified atom stereocenters. The molecule has 0 saturated carbocycles. The molecule has 1 aromatic heterocycles. The fourth-order valence-corrected chi connectivity index (χ4v) is 1.93. The van der Waals surface area contributed by atoms with Gasteiger partial charge in [0.05, 0.1) is 0 Å². The zero-order valence-corrected chi connectivity index (χ0v) is 12.3. The van der Waals surface area contributed by atoms with Gasteiger partial charge in [-0.2, -0.15) is 5.10 Å². The lowest BCUT2D eigenvalue weighted by Gasteiger charge is -2.14. The molecule has 0 radical (unpaired) electrons. The van der Waals surface area contributed by atoms with Crippen molar-refractivity contribution in [2.75, 3.05) is 5.32 Å². The first kappa shape index (κ1) is 15.1. The van der Waals surface area contributed by atoms with Crippen molar-refractivity contribution >= 4 is 29.2 Å². The number of carbonyl (C=O) groups is 2. The fourth-order valence-electron chi connectivity index (χ4n) is 1.75. The van der Waals surface area contributed by atoms with Crippen LogP contribution in [0, 0.1) is 6.92 Å². The lowest BCUT2D eigenvalue weighted by Crippen LogP contribution is -2.24. The van der Waals surface area contributed by atoms with Crippen molar-refractivity contribution in [3.05, 3.63) is 46.7 Å². The Balaban J connectivity index is 2.15. The molecule has 110 valence electrons. The van der Waals surface area contributed by atoms with E-state index in [0.717, 1.165) is 5.56 Å². The smallest absolute Gasteiger partial charge is 0.356 e. The van der Waals surface area contributed by atoms with E-state index in [2.05, 4.69) is 10.4 Å². The van der Waals surface area contributed by atoms with Crippen LogP contribution in [0.2, 0.25) is 5.02 Å². The number of carboxylic acid groups (broad SMARTS) is 1. The van der Waals surface area contributed by atoms with Gasteiger partial charge in [0.2, 0.25) is 5.91 Å². The predicted molar refractivity (Wildman–Crippen MR) is 78.7 cm³/mol. The zero-order chi connectivity index (χ0) is 15.6. The number of aryl methyl sites for hydroxylation is 1. The number of amides is 1. The molecule has 7 heteroatoms. The molecule has 0 aliphatic rings. The molecule has 1 heterocycles. The van der Waals surface area contributed by atoms with Gasteiger partial charge >= 0.3 is 5.97 Å². The standard InChI is InChI=1S/C14H14ClN3O3/c1-8-3-4-10(15)7-12(8)16-13(19)9(2)18-6-5-11(17-18)14(20)21/h3-7,9H,1-2H3,(H,16,19)(H,20,21). The summed E-state index contributed by atoms with van der Waals surface area (Å²) in [7, 11) is 0. The maximum atomic E-state index is 12.2. The summed E-state index contributed by atoms with van der Waals surface area (Å²) in [6.07, 6.45) is 1.46. The summed E-state index contributed by atoms with van der Waals surface area (Å²) in [5.74, 6) is -1.44. The second kappa shape index (κ2) is 5.97. The van der Waals surface area contributed by atoms with E-state index in [1.54, 1.807) is 25.1 Å². The molecule has 0 bridgehead atoms. The Morgan fingerprint density at radius 3 is 2.71 bits per heavy atom. The number of benzene rings is 1. The van der Waals surface area contributed by atoms with Crippen molar-refractivity contribution in [3.63, 3.8) is 0 Å². The monoisotopic (exact) mass is 307 g/mol. The van der Waals surface area contributed by atoms with Gasteiger partial charge in [-0.25, -0.2) is 4.79 Å². The molecule has 2 N–H and O–H groups in total. The van der Waals surface area contributed by atoms with Gasteiger partial charge in [-0.15, -0.1) is 0 Å². The van der Waals surface area contributed by atoms with E-state index in [9.17, 15) is 9.59 Å². The largest absolute Gasteiger partial charge is 0.476 e. The van der Waals surface area contributed by atoms with Gasteiger partial charge in [-0.05, 0) is 37.6 Å². The Labute approximate surface area is 126 Å². The maximum Gasteiger partial charge on any atom is 0.356 e. The molecule has 1 aromatic carbocycles. The quantitative estimate of drug-likeness (QED) is 0.909. The molecule has 6 nitrogen and oxygen atoms in total. The van der Waals surface area contributed by atoms with Crippen molar-refractivity contribution in [2.24, 2.45) is 0 Å². The van der Waals surface area contributed by atoms with Crippen LogP contribution in [0.3, 0.4) is 0 Å². The van der Waals surface area contributed by atoms with Crippen molar-refractivity contribution in [1.29, 1.82) is 0 Å². The van der Waals surface area contributed by atoms with Crippen molar-refractivity contribution in [3.8, 4) is 0 Å². The van der Waals surface area contributed by atoms with Crippen LogP contribution >= 0.6 is 11.6 Å². The summed E-state index contributed by atoms with van der Waals surface area (Å²) in [6, 6.07) is 5.91. The first-order chi connectivity index (χ1) is 9.88. The van der Waals surface area contributed by atoms with Crippen LogP contribution in [0.1, 0.15) is 29.0 Å². The fraction of sp³-hybridized carbons (Fsp3) is 0.214. The van der Waals surface area contributed by atoms with Gasteiger partial charge in [0.1, 0.15) is 6.04 Å². The van der Waals surface area contributed by atoms with Crippen LogP contribution in [0.5, 0.6) is 0 Å². The van der Waals surface area contributed by atoms with Crippen molar-refractivity contribution in [1.82, 2.24) is 9.78 Å². The molecule has 0 aliphatic heterocycles. The number of carboxylic acids is 1. The van der Waals surface area contributed by atoms with Gasteiger partial charge in [0.25, 0.3) is 0 Å². The molecule has 0 spiro atoms. The summed E-state index contributed by atoms with van der Waals surface area (Å²) in [5.41, 5.74) is 1.39. The minimum atomic E-state index is -1.13. The molecule has 1 atom stereocenters. The minimum Gasteiger partial charge on any atom is -0.476 e. The third-order valence-corrected chi connectivity index (χ3v) is 3.30. The van der Waals surface area contributed by atoms with Crippen LogP contribution in [-0.4, -0.2) is 26.8 Å². The van der Waals surface area contributed by atoms with Crippen molar-refractivity contribution in [2.45, 2.75) is 19.9 Å². The molecule has 1 amide bonds. The summed E-state index contributed by atoms with van der Waals surface area (Å²) in [4.78, 5) is 23.0. The molecule has 2 aromatic rings. The van der Waals surface area contributed by atoms with Gasteiger partial charge < -0.3 is 10.4 Å². The highest BCUT2D eigenvalue weighted by Gasteiger charge is 2.18. The van der Waals surface area contributed by atoms with E-state index < -0.39 is 12.0 Å². The molecule has 0 aliphatic carbocycles. The highest BCUT2D eigenvalue weighted by atomic mass is 35.5. The third kappa shape index (κ3) is 3.41. The number of anilines is 1. The van der Waals surface area contributed by atoms with Gasteiger partial charge in [0.15, 0.2) is 5.69 Å². The van der Waals surface area contributed by atoms with E-state index in [-0.39, 0.29) is 11.6 Å². The first-order valence-electron chi connectivity index (χ1n) is 6.24. The minimum absolute atomic E-state index is 0.103. The predicted octanol–water partition coefficient (Wildman–Crippen LogP) is 2.74. The van der Waals surface area contributed by atoms with E-state index in [1.807, 2.05) is 6.92 Å². The van der Waals surface area contributed by atoms with Gasteiger partial charge in [-0.1, -0.05) is 17.7 Å². The van der Waals surface area contributed by atoms with Crippen LogP contribution in [0.25, 0.3) is 0 Å². The summed E-state index contributed by atoms with van der Waals surface area (Å²) >= 11 is 5.90. The van der Waals surface area contributed by atoms with Crippen LogP contribution < -0.4 is 5.32 Å². The number of hydrogen-bond donors (Lipinski definition) is 2. The van der Waals surface area contributed by atoms with E-state index in [1.165, 1.54) is 16.9 Å². The number of rotatable bonds is 4. The molecule has 2 rings (SSSR count). The van der Waals surface area contributed by atoms with Crippen LogP contribution in [-0.2, 0) is 4.79 Å². The van der Waals surface area contributed by atoms with Crippen LogP contribution in [0.15, 0.2) is 30.5 Å². The molecular weight excluding hydrogens is 294 g/mol. The second-order valence-corrected chi connectivity index (χ2v) is 5.05. The number of nitrogens with zero attached hydrogens (tertiary/aromatic N) is 2. The van der Waals surface area contributed by atoms with E-state index in [0.29, 0.717) is 10.7 Å². The van der Waals surface area contributed by atoms with Crippen LogP contribution in [0.4, 0.5) is 5.69 Å². The lowest BCUT2D eigenvalue weighted by molar-refractivity contribution is -0.119.